The molecule has 1 aromatic heterocycles. The minimum atomic E-state index is -0.0377. The second kappa shape index (κ2) is 7.48. The van der Waals surface area contributed by atoms with Crippen LogP contribution in [0.1, 0.15) is 12.5 Å². The highest BCUT2D eigenvalue weighted by Gasteiger charge is 2.10. The standard InChI is InChI=1S/C21H18N2OS2/c1-2-25-16-10-7-14(8-11-16)13-19(24)23-21-22-18-12-9-15-5-3-4-6-17(15)20(18)26-21/h3-12H,2,13H2,1H3,(H,22,23,24). The number of thioether (sulfide) groups is 1. The average molecular weight is 379 g/mol. The van der Waals surface area contributed by atoms with Crippen LogP contribution in [0.4, 0.5) is 5.13 Å². The molecule has 3 aromatic carbocycles. The zero-order valence-corrected chi connectivity index (χ0v) is 16.0. The van der Waals surface area contributed by atoms with Gasteiger partial charge in [-0.3, -0.25) is 4.79 Å². The molecule has 1 heterocycles. The Morgan fingerprint density at radius 2 is 1.88 bits per heavy atom. The molecule has 0 unspecified atom stereocenters. The molecule has 1 N–H and O–H groups in total. The van der Waals surface area contributed by atoms with Gasteiger partial charge in [-0.2, -0.15) is 0 Å². The van der Waals surface area contributed by atoms with Gasteiger partial charge in [-0.25, -0.2) is 4.98 Å². The van der Waals surface area contributed by atoms with Gasteiger partial charge in [0.1, 0.15) is 0 Å². The highest BCUT2D eigenvalue weighted by molar-refractivity contribution is 7.99. The van der Waals surface area contributed by atoms with E-state index < -0.39 is 0 Å². The number of anilines is 1. The highest BCUT2D eigenvalue weighted by atomic mass is 32.2. The third-order valence-corrected chi connectivity index (χ3v) is 6.04. The van der Waals surface area contributed by atoms with E-state index in [9.17, 15) is 4.79 Å². The van der Waals surface area contributed by atoms with Gasteiger partial charge in [-0.05, 0) is 34.9 Å². The van der Waals surface area contributed by atoms with E-state index in [0.29, 0.717) is 11.6 Å². The van der Waals surface area contributed by atoms with Gasteiger partial charge in [-0.15, -0.1) is 11.8 Å². The van der Waals surface area contributed by atoms with Crippen molar-refractivity contribution in [1.82, 2.24) is 4.98 Å². The molecule has 0 spiro atoms. The lowest BCUT2D eigenvalue weighted by Gasteiger charge is -2.03. The second-order valence-electron chi connectivity index (χ2n) is 5.96. The van der Waals surface area contributed by atoms with Crippen LogP contribution in [-0.2, 0) is 11.2 Å². The number of fused-ring (bicyclic) bond motifs is 3. The van der Waals surface area contributed by atoms with Gasteiger partial charge in [-0.1, -0.05) is 60.7 Å². The molecule has 1 amide bonds. The molecule has 130 valence electrons. The first kappa shape index (κ1) is 17.1. The number of hydrogen-bond donors (Lipinski definition) is 1. The number of hydrogen-bond acceptors (Lipinski definition) is 4. The molecule has 0 aliphatic rings. The fourth-order valence-corrected chi connectivity index (χ4v) is 4.61. The largest absolute Gasteiger partial charge is 0.302 e. The molecule has 4 aromatic rings. The molecular formula is C21H18N2OS2. The Hall–Kier alpha value is -2.37. The van der Waals surface area contributed by atoms with Crippen LogP contribution >= 0.6 is 23.1 Å². The maximum atomic E-state index is 12.4. The molecule has 0 aliphatic heterocycles. The van der Waals surface area contributed by atoms with Gasteiger partial charge in [0, 0.05) is 10.3 Å². The molecule has 26 heavy (non-hydrogen) atoms. The van der Waals surface area contributed by atoms with Gasteiger partial charge in [0.2, 0.25) is 5.91 Å². The summed E-state index contributed by atoms with van der Waals surface area (Å²) < 4.78 is 1.11. The van der Waals surface area contributed by atoms with Crippen molar-refractivity contribution in [3.8, 4) is 0 Å². The summed E-state index contributed by atoms with van der Waals surface area (Å²) in [6.45, 7) is 2.13. The van der Waals surface area contributed by atoms with Gasteiger partial charge in [0.15, 0.2) is 5.13 Å². The second-order valence-corrected chi connectivity index (χ2v) is 8.29. The van der Waals surface area contributed by atoms with E-state index in [-0.39, 0.29) is 5.91 Å². The zero-order valence-electron chi connectivity index (χ0n) is 14.4. The Morgan fingerprint density at radius 3 is 2.69 bits per heavy atom. The number of nitrogens with zero attached hydrogens (tertiary/aromatic N) is 1. The Bertz CT molecular complexity index is 1070. The van der Waals surface area contributed by atoms with Crippen molar-refractivity contribution < 1.29 is 4.79 Å². The smallest absolute Gasteiger partial charge is 0.230 e. The summed E-state index contributed by atoms with van der Waals surface area (Å²) in [5, 5.41) is 5.96. The summed E-state index contributed by atoms with van der Waals surface area (Å²) in [5.74, 6) is 1.01. The van der Waals surface area contributed by atoms with Gasteiger partial charge in [0.05, 0.1) is 16.6 Å². The van der Waals surface area contributed by atoms with Crippen LogP contribution in [0.2, 0.25) is 0 Å². The topological polar surface area (TPSA) is 42.0 Å². The number of thiazole rings is 1. The molecule has 0 aliphatic carbocycles. The van der Waals surface area contributed by atoms with Crippen molar-refractivity contribution in [3.63, 3.8) is 0 Å². The van der Waals surface area contributed by atoms with E-state index in [0.717, 1.165) is 21.5 Å². The molecule has 0 atom stereocenters. The lowest BCUT2D eigenvalue weighted by Crippen LogP contribution is -2.14. The maximum Gasteiger partial charge on any atom is 0.230 e. The van der Waals surface area contributed by atoms with Gasteiger partial charge < -0.3 is 5.32 Å². The number of nitrogens with one attached hydrogen (secondary N) is 1. The van der Waals surface area contributed by atoms with E-state index in [2.05, 4.69) is 47.6 Å². The Kier molecular flexibility index (Phi) is 4.91. The zero-order chi connectivity index (χ0) is 17.9. The molecule has 0 bridgehead atoms. The predicted octanol–water partition coefficient (Wildman–Crippen LogP) is 5.74. The van der Waals surface area contributed by atoms with Crippen molar-refractivity contribution in [2.75, 3.05) is 11.1 Å². The molecule has 3 nitrogen and oxygen atoms in total. The van der Waals surface area contributed by atoms with Gasteiger partial charge >= 0.3 is 0 Å². The SMILES string of the molecule is CCSc1ccc(CC(=O)Nc2nc3ccc4ccccc4c3s2)cc1. The van der Waals surface area contributed by atoms with Crippen LogP contribution < -0.4 is 5.32 Å². The first-order valence-corrected chi connectivity index (χ1v) is 10.3. The summed E-state index contributed by atoms with van der Waals surface area (Å²) in [6, 6.07) is 20.5. The molecule has 4 rings (SSSR count). The molecule has 0 fully saturated rings. The fourth-order valence-electron chi connectivity index (χ4n) is 2.93. The first-order chi connectivity index (χ1) is 12.7. The Balaban J connectivity index is 1.51. The summed E-state index contributed by atoms with van der Waals surface area (Å²) in [7, 11) is 0. The van der Waals surface area contributed by atoms with Gasteiger partial charge in [0.25, 0.3) is 0 Å². The van der Waals surface area contributed by atoms with Crippen LogP contribution in [0.15, 0.2) is 65.6 Å². The lowest BCUT2D eigenvalue weighted by molar-refractivity contribution is -0.115. The van der Waals surface area contributed by atoms with Crippen molar-refractivity contribution in [2.24, 2.45) is 0 Å². The predicted molar refractivity (Wildman–Crippen MR) is 112 cm³/mol. The number of benzene rings is 3. The Morgan fingerprint density at radius 1 is 1.08 bits per heavy atom. The molecular weight excluding hydrogens is 360 g/mol. The van der Waals surface area contributed by atoms with Crippen molar-refractivity contribution >= 4 is 55.1 Å². The molecule has 0 saturated carbocycles. The van der Waals surface area contributed by atoms with E-state index in [1.54, 1.807) is 11.8 Å². The fraction of sp³-hybridized carbons (Fsp3) is 0.143. The van der Waals surface area contributed by atoms with Crippen molar-refractivity contribution in [1.29, 1.82) is 0 Å². The Labute approximate surface area is 160 Å². The number of aromatic nitrogens is 1. The molecule has 0 saturated heterocycles. The third kappa shape index (κ3) is 3.59. The van der Waals surface area contributed by atoms with Crippen molar-refractivity contribution in [2.45, 2.75) is 18.2 Å². The monoisotopic (exact) mass is 378 g/mol. The van der Waals surface area contributed by atoms with E-state index >= 15 is 0 Å². The van der Waals surface area contributed by atoms with E-state index in [1.807, 2.05) is 30.3 Å². The number of rotatable bonds is 5. The third-order valence-electron chi connectivity index (χ3n) is 4.12. The van der Waals surface area contributed by atoms with Crippen LogP contribution in [0.3, 0.4) is 0 Å². The molecule has 5 heteroatoms. The number of carbonyl (C=O) groups excluding carboxylic acids is 1. The van der Waals surface area contributed by atoms with E-state index in [1.165, 1.54) is 27.0 Å². The minimum absolute atomic E-state index is 0.0377. The number of amides is 1. The van der Waals surface area contributed by atoms with Crippen LogP contribution in [-0.4, -0.2) is 16.6 Å². The quantitative estimate of drug-likeness (QED) is 0.450. The lowest BCUT2D eigenvalue weighted by atomic mass is 10.1. The maximum absolute atomic E-state index is 12.4. The van der Waals surface area contributed by atoms with E-state index in [4.69, 9.17) is 0 Å². The average Bonchev–Trinajstić information content (AvgIpc) is 3.06. The highest BCUT2D eigenvalue weighted by Crippen LogP contribution is 2.32. The van der Waals surface area contributed by atoms with Crippen molar-refractivity contribution in [3.05, 3.63) is 66.2 Å². The summed E-state index contributed by atoms with van der Waals surface area (Å²) in [5.41, 5.74) is 1.93. The summed E-state index contributed by atoms with van der Waals surface area (Å²) >= 11 is 3.33. The summed E-state index contributed by atoms with van der Waals surface area (Å²) in [4.78, 5) is 18.2. The van der Waals surface area contributed by atoms with Crippen LogP contribution in [0, 0.1) is 0 Å². The van der Waals surface area contributed by atoms with Crippen LogP contribution in [0.25, 0.3) is 21.0 Å². The molecule has 0 radical (unpaired) electrons. The number of carbonyl (C=O) groups is 1. The minimum Gasteiger partial charge on any atom is -0.302 e. The first-order valence-electron chi connectivity index (χ1n) is 8.53. The van der Waals surface area contributed by atoms with Crippen LogP contribution in [0.5, 0.6) is 0 Å². The summed E-state index contributed by atoms with van der Waals surface area (Å²) in [6.07, 6.45) is 0.355. The normalized spacial score (nSPS) is 11.1.